The number of aliphatic carboxylic acids is 1. The molecule has 3 rings (SSSR count). The highest BCUT2D eigenvalue weighted by Crippen LogP contribution is 2.52. The minimum atomic E-state index is -4.48. The molecule has 0 aliphatic heterocycles. The summed E-state index contributed by atoms with van der Waals surface area (Å²) in [7, 11) is 0. The maximum Gasteiger partial charge on any atom is 0.411 e. The van der Waals surface area contributed by atoms with Crippen molar-refractivity contribution in [3.05, 3.63) is 12.2 Å². The summed E-state index contributed by atoms with van der Waals surface area (Å²) in [5, 5.41) is 11.3. The number of hydrogen-bond acceptors (Lipinski definition) is 2. The Morgan fingerprint density at radius 2 is 1.70 bits per heavy atom. The predicted octanol–water partition coefficient (Wildman–Crippen LogP) is 1.72. The first-order chi connectivity index (χ1) is 9.25. The van der Waals surface area contributed by atoms with Crippen LogP contribution in [-0.2, 0) is 9.59 Å². The normalized spacial score (nSPS) is 37.0. The van der Waals surface area contributed by atoms with Gasteiger partial charge in [-0.05, 0) is 31.1 Å². The zero-order chi connectivity index (χ0) is 14.7. The molecule has 4 atom stereocenters. The number of nitrogens with one attached hydrogen (secondary N) is 1. The molecule has 0 heterocycles. The van der Waals surface area contributed by atoms with E-state index >= 15 is 0 Å². The lowest BCUT2D eigenvalue weighted by Crippen LogP contribution is -2.52. The number of allylic oxidation sites excluding steroid dienone is 2. The largest absolute Gasteiger partial charge is 0.481 e. The van der Waals surface area contributed by atoms with Crippen LogP contribution in [0.5, 0.6) is 0 Å². The number of carboxylic acid groups (broad SMARTS) is 1. The van der Waals surface area contributed by atoms with E-state index in [1.54, 1.807) is 12.2 Å². The number of carbonyl (C=O) groups is 2. The fraction of sp³-hybridized carbons (Fsp3) is 0.692. The van der Waals surface area contributed by atoms with Crippen LogP contribution >= 0.6 is 0 Å². The Bertz CT molecular complexity index is 496. The topological polar surface area (TPSA) is 66.4 Å². The Hall–Kier alpha value is -1.53. The van der Waals surface area contributed by atoms with Crippen LogP contribution in [0.1, 0.15) is 19.3 Å². The van der Waals surface area contributed by atoms with Gasteiger partial charge < -0.3 is 10.4 Å². The number of halogens is 3. The number of carboxylic acids is 1. The highest BCUT2D eigenvalue weighted by molar-refractivity contribution is 5.87. The molecule has 0 aromatic rings. The molecular weight excluding hydrogens is 275 g/mol. The fourth-order valence-electron chi connectivity index (χ4n) is 3.44. The van der Waals surface area contributed by atoms with Crippen LogP contribution in [-0.4, -0.2) is 28.7 Å². The molecule has 2 saturated carbocycles. The summed E-state index contributed by atoms with van der Waals surface area (Å²) in [6, 6.07) is 0. The van der Waals surface area contributed by atoms with E-state index in [0.29, 0.717) is 6.42 Å². The molecule has 0 aromatic heterocycles. The minimum Gasteiger partial charge on any atom is -0.481 e. The second-order valence-electron chi connectivity index (χ2n) is 5.91. The van der Waals surface area contributed by atoms with E-state index in [-0.39, 0.29) is 24.7 Å². The third-order valence-corrected chi connectivity index (χ3v) is 4.70. The molecule has 3 aliphatic carbocycles. The van der Waals surface area contributed by atoms with Crippen LogP contribution in [0.3, 0.4) is 0 Å². The third-order valence-electron chi connectivity index (χ3n) is 4.70. The lowest BCUT2D eigenvalue weighted by molar-refractivity contribution is -0.172. The van der Waals surface area contributed by atoms with Crippen molar-refractivity contribution >= 4 is 11.9 Å². The minimum absolute atomic E-state index is 0.128. The SMILES string of the molecule is O=C(O)[C@@H]1C2C=CC(C2)[C@@H]1C(=O)NC1(C(F)(F)F)CC1. The molecule has 2 N–H and O–H groups in total. The molecule has 3 aliphatic rings. The standard InChI is InChI=1S/C13H14F3NO3/c14-13(15,16)12(3-4-12)17-10(18)8-6-1-2-7(5-6)9(8)11(19)20/h1-2,6-9H,3-5H2,(H,17,18)(H,19,20)/t6?,7?,8-,9+/m0/s1. The predicted molar refractivity (Wildman–Crippen MR) is 61.5 cm³/mol. The second-order valence-corrected chi connectivity index (χ2v) is 5.91. The number of alkyl halides is 3. The van der Waals surface area contributed by atoms with E-state index in [9.17, 15) is 27.9 Å². The molecule has 2 fully saturated rings. The van der Waals surface area contributed by atoms with Crippen LogP contribution in [0.15, 0.2) is 12.2 Å². The highest BCUT2D eigenvalue weighted by Gasteiger charge is 2.65. The monoisotopic (exact) mass is 289 g/mol. The van der Waals surface area contributed by atoms with Crippen LogP contribution in [0, 0.1) is 23.7 Å². The summed E-state index contributed by atoms with van der Waals surface area (Å²) in [5.74, 6) is -4.18. The first-order valence-electron chi connectivity index (χ1n) is 6.55. The maximum atomic E-state index is 12.8. The van der Waals surface area contributed by atoms with E-state index in [2.05, 4.69) is 5.32 Å². The molecule has 0 saturated heterocycles. The molecule has 0 aromatic carbocycles. The van der Waals surface area contributed by atoms with Gasteiger partial charge in [-0.25, -0.2) is 0 Å². The van der Waals surface area contributed by atoms with Gasteiger partial charge in [-0.15, -0.1) is 0 Å². The van der Waals surface area contributed by atoms with Crippen LogP contribution in [0.2, 0.25) is 0 Å². The maximum absolute atomic E-state index is 12.8. The summed E-state index contributed by atoms with van der Waals surface area (Å²) in [6.45, 7) is 0. The Labute approximate surface area is 113 Å². The smallest absolute Gasteiger partial charge is 0.411 e. The van der Waals surface area contributed by atoms with Gasteiger partial charge >= 0.3 is 12.1 Å². The van der Waals surface area contributed by atoms with Gasteiger partial charge in [0.05, 0.1) is 11.8 Å². The molecular formula is C13H14F3NO3. The number of carbonyl (C=O) groups excluding carboxylic acids is 1. The Balaban J connectivity index is 1.78. The quantitative estimate of drug-likeness (QED) is 0.777. The van der Waals surface area contributed by atoms with Gasteiger partial charge in [-0.2, -0.15) is 13.2 Å². The number of rotatable bonds is 3. The van der Waals surface area contributed by atoms with Crippen molar-refractivity contribution in [2.24, 2.45) is 23.7 Å². The molecule has 0 spiro atoms. The summed E-state index contributed by atoms with van der Waals surface area (Å²) in [5.41, 5.74) is -2.13. The zero-order valence-electron chi connectivity index (χ0n) is 10.5. The zero-order valence-corrected chi connectivity index (χ0v) is 10.5. The number of fused-ring (bicyclic) bond motifs is 2. The molecule has 110 valence electrons. The van der Waals surface area contributed by atoms with Gasteiger partial charge in [0.25, 0.3) is 0 Å². The van der Waals surface area contributed by atoms with Crippen molar-refractivity contribution in [3.8, 4) is 0 Å². The average molecular weight is 289 g/mol. The van der Waals surface area contributed by atoms with Crippen molar-refractivity contribution in [2.45, 2.75) is 31.0 Å². The van der Waals surface area contributed by atoms with E-state index in [1.807, 2.05) is 0 Å². The van der Waals surface area contributed by atoms with Gasteiger partial charge in [-0.1, -0.05) is 12.2 Å². The lowest BCUT2D eigenvalue weighted by atomic mass is 9.82. The van der Waals surface area contributed by atoms with Gasteiger partial charge in [0.15, 0.2) is 0 Å². The van der Waals surface area contributed by atoms with Gasteiger partial charge in [0.2, 0.25) is 5.91 Å². The average Bonchev–Trinajstić information content (AvgIpc) is 2.85. The molecule has 20 heavy (non-hydrogen) atoms. The summed E-state index contributed by atoms with van der Waals surface area (Å²) in [4.78, 5) is 23.4. The van der Waals surface area contributed by atoms with Crippen LogP contribution in [0.4, 0.5) is 13.2 Å². The Morgan fingerprint density at radius 1 is 1.15 bits per heavy atom. The fourth-order valence-corrected chi connectivity index (χ4v) is 3.44. The Kier molecular flexibility index (Phi) is 2.68. The van der Waals surface area contributed by atoms with Crippen molar-refractivity contribution in [3.63, 3.8) is 0 Å². The molecule has 0 radical (unpaired) electrons. The van der Waals surface area contributed by atoms with E-state index in [4.69, 9.17) is 0 Å². The molecule has 7 heteroatoms. The lowest BCUT2D eigenvalue weighted by Gasteiger charge is -2.27. The van der Waals surface area contributed by atoms with Gasteiger partial charge in [-0.3, -0.25) is 9.59 Å². The van der Waals surface area contributed by atoms with Crippen molar-refractivity contribution in [1.29, 1.82) is 0 Å². The molecule has 2 bridgehead atoms. The Morgan fingerprint density at radius 3 is 2.15 bits per heavy atom. The number of hydrogen-bond donors (Lipinski definition) is 2. The van der Waals surface area contributed by atoms with Crippen LogP contribution in [0.25, 0.3) is 0 Å². The second kappa shape index (κ2) is 3.99. The van der Waals surface area contributed by atoms with Crippen molar-refractivity contribution < 1.29 is 27.9 Å². The molecule has 1 amide bonds. The summed E-state index contributed by atoms with van der Waals surface area (Å²) in [6.07, 6.45) is -0.693. The van der Waals surface area contributed by atoms with E-state index in [0.717, 1.165) is 0 Å². The first kappa shape index (κ1) is 13.5. The van der Waals surface area contributed by atoms with Gasteiger partial charge in [0, 0.05) is 0 Å². The van der Waals surface area contributed by atoms with Gasteiger partial charge in [0.1, 0.15) is 5.54 Å². The summed E-state index contributed by atoms with van der Waals surface area (Å²) < 4.78 is 38.5. The number of amides is 1. The molecule has 2 unspecified atom stereocenters. The first-order valence-corrected chi connectivity index (χ1v) is 6.55. The summed E-state index contributed by atoms with van der Waals surface area (Å²) >= 11 is 0. The van der Waals surface area contributed by atoms with E-state index < -0.39 is 35.4 Å². The third kappa shape index (κ3) is 1.83. The van der Waals surface area contributed by atoms with Crippen molar-refractivity contribution in [1.82, 2.24) is 5.32 Å². The van der Waals surface area contributed by atoms with Crippen LogP contribution < -0.4 is 5.32 Å². The van der Waals surface area contributed by atoms with E-state index in [1.165, 1.54) is 0 Å². The van der Waals surface area contributed by atoms with Crippen molar-refractivity contribution in [2.75, 3.05) is 0 Å². The molecule has 4 nitrogen and oxygen atoms in total. The highest BCUT2D eigenvalue weighted by atomic mass is 19.4.